The maximum Gasteiger partial charge on any atom is 0.251 e. The molecule has 2 aromatic rings. The molecule has 0 fully saturated rings. The third-order valence-electron chi connectivity index (χ3n) is 3.40. The smallest absolute Gasteiger partial charge is 0.251 e. The van der Waals surface area contributed by atoms with Crippen molar-refractivity contribution in [2.24, 2.45) is 5.92 Å². The number of amides is 2. The zero-order chi connectivity index (χ0) is 19.8. The van der Waals surface area contributed by atoms with Crippen molar-refractivity contribution < 1.29 is 9.59 Å². The predicted molar refractivity (Wildman–Crippen MR) is 112 cm³/mol. The zero-order valence-corrected chi connectivity index (χ0v) is 17.5. The second kappa shape index (κ2) is 10.4. The molecule has 0 aliphatic heterocycles. The summed E-state index contributed by atoms with van der Waals surface area (Å²) in [6.07, 6.45) is 2.28. The summed E-state index contributed by atoms with van der Waals surface area (Å²) in [5, 5.41) is 14.5. The maximum absolute atomic E-state index is 12.7. The number of hydrogen-bond acceptors (Lipinski definition) is 6. The Hall–Kier alpha value is -1.90. The van der Waals surface area contributed by atoms with E-state index in [2.05, 4.69) is 27.4 Å². The van der Waals surface area contributed by atoms with E-state index in [9.17, 15) is 9.59 Å². The van der Waals surface area contributed by atoms with Gasteiger partial charge >= 0.3 is 0 Å². The first-order chi connectivity index (χ1) is 12.9. The van der Waals surface area contributed by atoms with Crippen LogP contribution in [0.3, 0.4) is 0 Å². The second-order valence-electron chi connectivity index (χ2n) is 6.12. The van der Waals surface area contributed by atoms with Crippen molar-refractivity contribution in [2.75, 3.05) is 11.1 Å². The highest BCUT2D eigenvalue weighted by Gasteiger charge is 2.23. The first-order valence-electron chi connectivity index (χ1n) is 8.33. The van der Waals surface area contributed by atoms with Crippen LogP contribution in [0.15, 0.2) is 41.3 Å². The van der Waals surface area contributed by atoms with Crippen molar-refractivity contribution in [3.63, 3.8) is 0 Å². The van der Waals surface area contributed by atoms with Gasteiger partial charge in [-0.3, -0.25) is 14.9 Å². The molecule has 1 heterocycles. The maximum atomic E-state index is 12.7. The second-order valence-corrected chi connectivity index (χ2v) is 8.81. The topological polar surface area (TPSA) is 84.0 Å². The number of nitrogens with zero attached hydrogens (tertiary/aromatic N) is 2. The van der Waals surface area contributed by atoms with Gasteiger partial charge in [0.1, 0.15) is 6.04 Å². The van der Waals surface area contributed by atoms with Gasteiger partial charge in [-0.1, -0.05) is 54.6 Å². The summed E-state index contributed by atoms with van der Waals surface area (Å²) in [6, 6.07) is 5.84. The standard InChI is InChI=1S/C18H21ClN4O2S2/c1-4-9-26-18-23-22-17(27-18)21-16(25)14(10-11(2)3)20-15(24)12-5-7-13(19)8-6-12/h4-8,11,14H,1,9-10H2,2-3H3,(H,20,24)(H,21,22,25)/t14-/m0/s1. The van der Waals surface area contributed by atoms with Gasteiger partial charge in [-0.05, 0) is 36.6 Å². The van der Waals surface area contributed by atoms with E-state index in [-0.39, 0.29) is 17.7 Å². The van der Waals surface area contributed by atoms with Gasteiger partial charge < -0.3 is 5.32 Å². The van der Waals surface area contributed by atoms with Gasteiger partial charge in [0.15, 0.2) is 4.34 Å². The fourth-order valence-electron chi connectivity index (χ4n) is 2.19. The first kappa shape index (κ1) is 21.4. The fraction of sp³-hybridized carbons (Fsp3) is 0.333. The van der Waals surface area contributed by atoms with Crippen LogP contribution in [0.2, 0.25) is 5.02 Å². The van der Waals surface area contributed by atoms with Gasteiger partial charge in [-0.2, -0.15) is 0 Å². The number of nitrogens with one attached hydrogen (secondary N) is 2. The molecule has 144 valence electrons. The number of thioether (sulfide) groups is 1. The summed E-state index contributed by atoms with van der Waals surface area (Å²) in [6.45, 7) is 7.64. The lowest BCUT2D eigenvalue weighted by Crippen LogP contribution is -2.44. The summed E-state index contributed by atoms with van der Waals surface area (Å²) >= 11 is 8.63. The molecule has 0 unspecified atom stereocenters. The Balaban J connectivity index is 2.04. The van der Waals surface area contributed by atoms with Crippen molar-refractivity contribution in [1.29, 1.82) is 0 Å². The quantitative estimate of drug-likeness (QED) is 0.357. The van der Waals surface area contributed by atoms with Crippen molar-refractivity contribution in [3.05, 3.63) is 47.5 Å². The van der Waals surface area contributed by atoms with E-state index in [0.717, 1.165) is 10.1 Å². The molecule has 1 aromatic heterocycles. The number of aromatic nitrogens is 2. The fourth-order valence-corrected chi connectivity index (χ4v) is 3.83. The number of hydrogen-bond donors (Lipinski definition) is 2. The van der Waals surface area contributed by atoms with Crippen LogP contribution in [0.1, 0.15) is 30.6 Å². The molecule has 0 saturated heterocycles. The molecule has 27 heavy (non-hydrogen) atoms. The van der Waals surface area contributed by atoms with Crippen molar-refractivity contribution in [2.45, 2.75) is 30.6 Å². The van der Waals surface area contributed by atoms with Gasteiger partial charge in [0, 0.05) is 16.3 Å². The van der Waals surface area contributed by atoms with E-state index < -0.39 is 6.04 Å². The molecule has 0 saturated carbocycles. The van der Waals surface area contributed by atoms with Crippen molar-refractivity contribution in [1.82, 2.24) is 15.5 Å². The molecular formula is C18H21ClN4O2S2. The lowest BCUT2D eigenvalue weighted by Gasteiger charge is -2.19. The first-order valence-corrected chi connectivity index (χ1v) is 10.5. The van der Waals surface area contributed by atoms with E-state index in [0.29, 0.717) is 22.1 Å². The summed E-state index contributed by atoms with van der Waals surface area (Å²) in [5.41, 5.74) is 0.444. The van der Waals surface area contributed by atoms with Crippen molar-refractivity contribution in [3.8, 4) is 0 Å². The third kappa shape index (κ3) is 6.97. The van der Waals surface area contributed by atoms with Crippen LogP contribution < -0.4 is 10.6 Å². The Labute approximate surface area is 171 Å². The van der Waals surface area contributed by atoms with Crippen LogP contribution >= 0.6 is 34.7 Å². The Morgan fingerprint density at radius 3 is 2.63 bits per heavy atom. The van der Waals surface area contributed by atoms with E-state index in [1.807, 2.05) is 13.8 Å². The lowest BCUT2D eigenvalue weighted by atomic mass is 10.0. The molecule has 0 bridgehead atoms. The lowest BCUT2D eigenvalue weighted by molar-refractivity contribution is -0.118. The minimum Gasteiger partial charge on any atom is -0.340 e. The number of anilines is 1. The Kier molecular flexibility index (Phi) is 8.27. The molecule has 0 aliphatic rings. The van der Waals surface area contributed by atoms with Gasteiger partial charge in [-0.25, -0.2) is 0 Å². The minimum absolute atomic E-state index is 0.222. The van der Waals surface area contributed by atoms with Gasteiger partial charge in [0.2, 0.25) is 11.0 Å². The van der Waals surface area contributed by atoms with E-state index in [1.165, 1.54) is 23.1 Å². The highest BCUT2D eigenvalue weighted by atomic mass is 35.5. The molecule has 6 nitrogen and oxygen atoms in total. The molecule has 0 radical (unpaired) electrons. The number of carbonyl (C=O) groups is 2. The van der Waals surface area contributed by atoms with E-state index in [4.69, 9.17) is 11.6 Å². The van der Waals surface area contributed by atoms with Gasteiger partial charge in [0.25, 0.3) is 5.91 Å². The number of rotatable bonds is 9. The predicted octanol–water partition coefficient (Wildman–Crippen LogP) is 4.25. The SMILES string of the molecule is C=CCSc1nnc(NC(=O)[C@H](CC(C)C)NC(=O)c2ccc(Cl)cc2)s1. The summed E-state index contributed by atoms with van der Waals surface area (Å²) in [5.74, 6) is 0.296. The molecule has 2 N–H and O–H groups in total. The van der Waals surface area contributed by atoms with Crippen molar-refractivity contribution >= 4 is 51.6 Å². The number of carbonyl (C=O) groups excluding carboxylic acids is 2. The largest absolute Gasteiger partial charge is 0.340 e. The normalized spacial score (nSPS) is 11.9. The van der Waals surface area contributed by atoms with Gasteiger partial charge in [0.05, 0.1) is 0 Å². The molecule has 1 atom stereocenters. The van der Waals surface area contributed by atoms with Crippen LogP contribution in [0, 0.1) is 5.92 Å². The highest BCUT2D eigenvalue weighted by molar-refractivity contribution is 8.01. The molecule has 0 aliphatic carbocycles. The van der Waals surface area contributed by atoms with Crippen LogP contribution in [0.25, 0.3) is 0 Å². The summed E-state index contributed by atoms with van der Waals surface area (Å²) < 4.78 is 0.746. The van der Waals surface area contributed by atoms with Crippen LogP contribution in [-0.4, -0.2) is 33.8 Å². The van der Waals surface area contributed by atoms with E-state index in [1.54, 1.807) is 30.3 Å². The number of halogens is 1. The van der Waals surface area contributed by atoms with Crippen LogP contribution in [0.4, 0.5) is 5.13 Å². The Morgan fingerprint density at radius 1 is 1.30 bits per heavy atom. The van der Waals surface area contributed by atoms with E-state index >= 15 is 0 Å². The zero-order valence-electron chi connectivity index (χ0n) is 15.1. The van der Waals surface area contributed by atoms with Crippen LogP contribution in [0.5, 0.6) is 0 Å². The average molecular weight is 425 g/mol. The minimum atomic E-state index is -0.679. The van der Waals surface area contributed by atoms with Gasteiger partial charge in [-0.15, -0.1) is 16.8 Å². The Morgan fingerprint density at radius 2 is 2.00 bits per heavy atom. The monoisotopic (exact) mass is 424 g/mol. The molecule has 9 heteroatoms. The summed E-state index contributed by atoms with van der Waals surface area (Å²) in [7, 11) is 0. The highest BCUT2D eigenvalue weighted by Crippen LogP contribution is 2.25. The molecule has 2 rings (SSSR count). The molecule has 2 amide bonds. The Bertz CT molecular complexity index is 793. The summed E-state index contributed by atoms with van der Waals surface area (Å²) in [4.78, 5) is 25.1. The third-order valence-corrected chi connectivity index (χ3v) is 5.62. The van der Waals surface area contributed by atoms with Crippen LogP contribution in [-0.2, 0) is 4.79 Å². The number of benzene rings is 1. The molecular weight excluding hydrogens is 404 g/mol. The average Bonchev–Trinajstić information content (AvgIpc) is 3.06. The molecule has 1 aromatic carbocycles. The molecule has 0 spiro atoms.